The normalized spacial score (nSPS) is 9.80. The molecule has 2 aromatic carbocycles. The predicted molar refractivity (Wildman–Crippen MR) is 103 cm³/mol. The van der Waals surface area contributed by atoms with Crippen molar-refractivity contribution in [2.45, 2.75) is 6.92 Å². The fourth-order valence-corrected chi connectivity index (χ4v) is 2.24. The van der Waals surface area contributed by atoms with Crippen LogP contribution in [0.5, 0.6) is 11.5 Å². The second-order valence-electron chi connectivity index (χ2n) is 4.99. The van der Waals surface area contributed by atoms with Crippen LogP contribution in [0, 0.1) is 0 Å². The number of rotatable bonds is 7. The molecule has 0 spiro atoms. The summed E-state index contributed by atoms with van der Waals surface area (Å²) in [5.41, 5.74) is 1.22. The monoisotopic (exact) mass is 356 g/mol. The molecule has 0 unspecified atom stereocenters. The van der Waals surface area contributed by atoms with Crippen molar-refractivity contribution in [3.8, 4) is 11.5 Å². The smallest absolute Gasteiger partial charge is 0.257 e. The second-order valence-corrected chi connectivity index (χ2v) is 5.40. The molecule has 0 aromatic heterocycles. The average Bonchev–Trinajstić information content (AvgIpc) is 2.61. The summed E-state index contributed by atoms with van der Waals surface area (Å²) in [5.74, 6) is 1.11. The van der Waals surface area contributed by atoms with Gasteiger partial charge in [0.15, 0.2) is 5.11 Å². The Kier molecular flexibility index (Phi) is 6.98. The van der Waals surface area contributed by atoms with E-state index in [1.54, 1.807) is 36.4 Å². The van der Waals surface area contributed by atoms with E-state index in [0.717, 1.165) is 11.4 Å². The second kappa shape index (κ2) is 9.44. The largest absolute Gasteiger partial charge is 0.494 e. The third-order valence-electron chi connectivity index (χ3n) is 3.11. The first-order valence-corrected chi connectivity index (χ1v) is 8.22. The van der Waals surface area contributed by atoms with E-state index < -0.39 is 0 Å². The number of carbonyl (C=O) groups excluding carboxylic acids is 1. The summed E-state index contributed by atoms with van der Waals surface area (Å²) in [7, 11) is 0. The minimum absolute atomic E-state index is 0.208. The van der Waals surface area contributed by atoms with Gasteiger partial charge in [0.1, 0.15) is 18.1 Å². The fraction of sp³-hybridized carbons (Fsp3) is 0.158. The summed E-state index contributed by atoms with van der Waals surface area (Å²) in [6.07, 6.45) is 1.67. The maximum absolute atomic E-state index is 12.2. The fourth-order valence-electron chi connectivity index (χ4n) is 2.03. The van der Waals surface area contributed by atoms with Crippen molar-refractivity contribution >= 4 is 28.9 Å². The van der Waals surface area contributed by atoms with Gasteiger partial charge in [0.2, 0.25) is 0 Å². The Bertz CT molecular complexity index is 745. The van der Waals surface area contributed by atoms with Gasteiger partial charge in [-0.15, -0.1) is 0 Å². The lowest BCUT2D eigenvalue weighted by atomic mass is 10.2. The van der Waals surface area contributed by atoms with Gasteiger partial charge in [-0.25, -0.2) is 0 Å². The zero-order valence-corrected chi connectivity index (χ0v) is 14.8. The number of thiocarbonyl (C=S) groups is 1. The summed E-state index contributed by atoms with van der Waals surface area (Å²) < 4.78 is 10.8. The molecule has 0 atom stereocenters. The van der Waals surface area contributed by atoms with Crippen LogP contribution >= 0.6 is 12.2 Å². The number of carbonyl (C=O) groups is 1. The molecule has 2 rings (SSSR count). The molecule has 6 heteroatoms. The van der Waals surface area contributed by atoms with Gasteiger partial charge < -0.3 is 14.8 Å². The molecule has 0 fully saturated rings. The number of hydrogen-bond donors (Lipinski definition) is 2. The van der Waals surface area contributed by atoms with Crippen molar-refractivity contribution in [2.75, 3.05) is 18.5 Å². The van der Waals surface area contributed by atoms with Crippen LogP contribution in [0.4, 0.5) is 5.69 Å². The van der Waals surface area contributed by atoms with E-state index in [1.165, 1.54) is 0 Å². The highest BCUT2D eigenvalue weighted by molar-refractivity contribution is 7.80. The van der Waals surface area contributed by atoms with Crippen LogP contribution in [-0.4, -0.2) is 24.2 Å². The molecule has 130 valence electrons. The molecular formula is C19H20N2O3S. The molecule has 0 aliphatic carbocycles. The summed E-state index contributed by atoms with van der Waals surface area (Å²) in [6.45, 7) is 6.51. The molecule has 25 heavy (non-hydrogen) atoms. The Balaban J connectivity index is 1.92. The lowest BCUT2D eigenvalue weighted by Gasteiger charge is -2.11. The van der Waals surface area contributed by atoms with Crippen LogP contribution in [0.2, 0.25) is 0 Å². The molecular weight excluding hydrogens is 336 g/mol. The van der Waals surface area contributed by atoms with Gasteiger partial charge in [-0.05, 0) is 55.5 Å². The van der Waals surface area contributed by atoms with Gasteiger partial charge >= 0.3 is 0 Å². The Morgan fingerprint density at radius 1 is 1.16 bits per heavy atom. The zero-order chi connectivity index (χ0) is 18.1. The number of anilines is 1. The van der Waals surface area contributed by atoms with E-state index in [2.05, 4.69) is 17.2 Å². The average molecular weight is 356 g/mol. The SMILES string of the molecule is C=CCOc1cccc(NC(=S)NC(=O)c2ccc(OCC)cc2)c1. The van der Waals surface area contributed by atoms with Crippen LogP contribution in [0.3, 0.4) is 0 Å². The zero-order valence-electron chi connectivity index (χ0n) is 14.0. The Morgan fingerprint density at radius 2 is 1.92 bits per heavy atom. The number of amides is 1. The lowest BCUT2D eigenvalue weighted by Crippen LogP contribution is -2.34. The van der Waals surface area contributed by atoms with Crippen LogP contribution in [0.1, 0.15) is 17.3 Å². The molecule has 0 heterocycles. The molecule has 1 amide bonds. The van der Waals surface area contributed by atoms with E-state index in [0.29, 0.717) is 24.5 Å². The predicted octanol–water partition coefficient (Wildman–Crippen LogP) is 3.78. The number of hydrogen-bond acceptors (Lipinski definition) is 4. The first-order valence-electron chi connectivity index (χ1n) is 7.81. The van der Waals surface area contributed by atoms with E-state index in [1.807, 2.05) is 25.1 Å². The molecule has 2 aromatic rings. The van der Waals surface area contributed by atoms with Gasteiger partial charge in [0, 0.05) is 17.3 Å². The molecule has 0 bridgehead atoms. The van der Waals surface area contributed by atoms with Crippen LogP contribution in [0.15, 0.2) is 61.2 Å². The molecule has 0 saturated carbocycles. The number of benzene rings is 2. The van der Waals surface area contributed by atoms with Crippen LogP contribution in [-0.2, 0) is 0 Å². The van der Waals surface area contributed by atoms with E-state index in [-0.39, 0.29) is 11.0 Å². The van der Waals surface area contributed by atoms with Crippen molar-refractivity contribution in [1.82, 2.24) is 5.32 Å². The number of nitrogens with one attached hydrogen (secondary N) is 2. The van der Waals surface area contributed by atoms with Crippen molar-refractivity contribution < 1.29 is 14.3 Å². The highest BCUT2D eigenvalue weighted by Crippen LogP contribution is 2.17. The van der Waals surface area contributed by atoms with Gasteiger partial charge in [-0.1, -0.05) is 18.7 Å². The first kappa shape index (κ1) is 18.5. The molecule has 0 aliphatic heterocycles. The van der Waals surface area contributed by atoms with Crippen molar-refractivity contribution in [3.63, 3.8) is 0 Å². The minimum atomic E-state index is -0.292. The topological polar surface area (TPSA) is 59.6 Å². The maximum atomic E-state index is 12.2. The molecule has 0 aliphatic rings. The highest BCUT2D eigenvalue weighted by Gasteiger charge is 2.08. The first-order chi connectivity index (χ1) is 12.1. The van der Waals surface area contributed by atoms with Gasteiger partial charge in [-0.2, -0.15) is 0 Å². The van der Waals surface area contributed by atoms with Crippen LogP contribution < -0.4 is 20.1 Å². The molecule has 0 saturated heterocycles. The molecule has 5 nitrogen and oxygen atoms in total. The maximum Gasteiger partial charge on any atom is 0.257 e. The quantitative estimate of drug-likeness (QED) is 0.584. The van der Waals surface area contributed by atoms with Gasteiger partial charge in [-0.3, -0.25) is 10.1 Å². The van der Waals surface area contributed by atoms with E-state index in [4.69, 9.17) is 21.7 Å². The third kappa shape index (κ3) is 5.93. The molecule has 0 radical (unpaired) electrons. The van der Waals surface area contributed by atoms with Crippen LogP contribution in [0.25, 0.3) is 0 Å². The van der Waals surface area contributed by atoms with Crippen molar-refractivity contribution in [2.24, 2.45) is 0 Å². The summed E-state index contributed by atoms with van der Waals surface area (Å²) >= 11 is 5.19. The lowest BCUT2D eigenvalue weighted by molar-refractivity contribution is 0.0977. The summed E-state index contributed by atoms with van der Waals surface area (Å²) in [4.78, 5) is 12.2. The summed E-state index contributed by atoms with van der Waals surface area (Å²) in [6, 6.07) is 14.1. The van der Waals surface area contributed by atoms with Gasteiger partial charge in [0.05, 0.1) is 6.61 Å². The molecule has 2 N–H and O–H groups in total. The van der Waals surface area contributed by atoms with E-state index in [9.17, 15) is 4.79 Å². The summed E-state index contributed by atoms with van der Waals surface area (Å²) in [5, 5.41) is 5.81. The standard InChI is InChI=1S/C19H20N2O3S/c1-3-12-24-17-7-5-6-15(13-17)20-19(25)21-18(22)14-8-10-16(11-9-14)23-4-2/h3,5-11,13H,1,4,12H2,2H3,(H2,20,21,22,25). The van der Waals surface area contributed by atoms with Gasteiger partial charge in [0.25, 0.3) is 5.91 Å². The minimum Gasteiger partial charge on any atom is -0.494 e. The number of ether oxygens (including phenoxy) is 2. The third-order valence-corrected chi connectivity index (χ3v) is 3.32. The highest BCUT2D eigenvalue weighted by atomic mass is 32.1. The Labute approximate surface area is 152 Å². The Hall–Kier alpha value is -2.86. The van der Waals surface area contributed by atoms with Crippen molar-refractivity contribution in [1.29, 1.82) is 0 Å². The van der Waals surface area contributed by atoms with Crippen molar-refractivity contribution in [3.05, 3.63) is 66.7 Å². The Morgan fingerprint density at radius 3 is 2.60 bits per heavy atom. The van der Waals surface area contributed by atoms with E-state index >= 15 is 0 Å².